The maximum absolute atomic E-state index is 12.4. The summed E-state index contributed by atoms with van der Waals surface area (Å²) in [6, 6.07) is 2.09. The van der Waals surface area contributed by atoms with Gasteiger partial charge in [-0.05, 0) is 44.4 Å². The van der Waals surface area contributed by atoms with Crippen LogP contribution in [-0.4, -0.2) is 25.3 Å². The number of nitrogens with one attached hydrogen (secondary N) is 1. The predicted octanol–water partition coefficient (Wildman–Crippen LogP) is 1.09. The molecule has 0 unspecified atom stereocenters. The first kappa shape index (κ1) is 13.3. The molecule has 0 saturated heterocycles. The summed E-state index contributed by atoms with van der Waals surface area (Å²) in [6.07, 6.45) is 4.53. The van der Waals surface area contributed by atoms with E-state index >= 15 is 0 Å². The van der Waals surface area contributed by atoms with Crippen LogP contribution in [0.1, 0.15) is 29.7 Å². The second kappa shape index (κ2) is 6.16. The molecule has 1 aromatic heterocycles. The lowest BCUT2D eigenvalue weighted by Gasteiger charge is -2.22. The Morgan fingerprint density at radius 3 is 2.89 bits per heavy atom. The van der Waals surface area contributed by atoms with Gasteiger partial charge in [-0.3, -0.25) is 4.79 Å². The number of ether oxygens (including phenoxy) is 1. The van der Waals surface area contributed by atoms with Crippen LogP contribution in [0.2, 0.25) is 0 Å². The van der Waals surface area contributed by atoms with Crippen LogP contribution in [0.3, 0.4) is 0 Å². The Morgan fingerprint density at radius 1 is 1.39 bits per heavy atom. The lowest BCUT2D eigenvalue weighted by atomic mass is 9.94. The van der Waals surface area contributed by atoms with E-state index in [1.54, 1.807) is 7.11 Å². The molecular formula is C14H22N2O2. The fraction of sp³-hybridized carbons (Fsp3) is 0.643. The van der Waals surface area contributed by atoms with Crippen LogP contribution in [0, 0.1) is 0 Å². The minimum absolute atomic E-state index is 0.141. The number of rotatable bonds is 5. The van der Waals surface area contributed by atoms with Gasteiger partial charge in [0, 0.05) is 31.5 Å². The summed E-state index contributed by atoms with van der Waals surface area (Å²) < 4.78 is 7.04. The Morgan fingerprint density at radius 2 is 2.17 bits per heavy atom. The Hall–Kier alpha value is -1.13. The van der Waals surface area contributed by atoms with Gasteiger partial charge in [0.2, 0.25) is 0 Å². The fourth-order valence-corrected chi connectivity index (χ4v) is 2.68. The molecule has 0 aromatic carbocycles. The molecule has 1 aliphatic carbocycles. The number of hydrogen-bond donors (Lipinski definition) is 1. The SMILES string of the molecule is CNCc1cc2c(n(CCOC)c1=O)CCCC2. The maximum atomic E-state index is 12.4. The van der Waals surface area contributed by atoms with Gasteiger partial charge in [-0.2, -0.15) is 0 Å². The van der Waals surface area contributed by atoms with Crippen molar-refractivity contribution < 1.29 is 4.74 Å². The van der Waals surface area contributed by atoms with Crippen LogP contribution in [0.5, 0.6) is 0 Å². The van der Waals surface area contributed by atoms with E-state index in [-0.39, 0.29) is 5.56 Å². The van der Waals surface area contributed by atoms with Crippen LogP contribution in [0.15, 0.2) is 10.9 Å². The number of hydrogen-bond acceptors (Lipinski definition) is 3. The number of aromatic nitrogens is 1. The van der Waals surface area contributed by atoms with Gasteiger partial charge in [-0.1, -0.05) is 0 Å². The molecule has 0 bridgehead atoms. The monoisotopic (exact) mass is 250 g/mol. The highest BCUT2D eigenvalue weighted by molar-refractivity contribution is 5.29. The molecule has 0 saturated carbocycles. The normalized spacial score (nSPS) is 14.6. The van der Waals surface area contributed by atoms with Crippen LogP contribution in [0.25, 0.3) is 0 Å². The largest absolute Gasteiger partial charge is 0.383 e. The molecule has 4 nitrogen and oxygen atoms in total. The summed E-state index contributed by atoms with van der Waals surface area (Å²) in [4.78, 5) is 12.4. The third-order valence-electron chi connectivity index (χ3n) is 3.56. The molecule has 0 atom stereocenters. The van der Waals surface area contributed by atoms with E-state index in [4.69, 9.17) is 4.74 Å². The van der Waals surface area contributed by atoms with Crippen molar-refractivity contribution in [2.75, 3.05) is 20.8 Å². The van der Waals surface area contributed by atoms with Crippen molar-refractivity contribution in [1.29, 1.82) is 0 Å². The Bertz CT molecular complexity index is 466. The summed E-state index contributed by atoms with van der Waals surface area (Å²) >= 11 is 0. The van der Waals surface area contributed by atoms with Crippen molar-refractivity contribution in [3.05, 3.63) is 33.2 Å². The molecule has 18 heavy (non-hydrogen) atoms. The van der Waals surface area contributed by atoms with E-state index in [2.05, 4.69) is 11.4 Å². The lowest BCUT2D eigenvalue weighted by molar-refractivity contribution is 0.184. The Balaban J connectivity index is 2.44. The molecule has 0 amide bonds. The van der Waals surface area contributed by atoms with Crippen molar-refractivity contribution >= 4 is 0 Å². The van der Waals surface area contributed by atoms with E-state index in [1.807, 2.05) is 11.6 Å². The zero-order valence-electron chi connectivity index (χ0n) is 11.3. The predicted molar refractivity (Wildman–Crippen MR) is 72.0 cm³/mol. The zero-order chi connectivity index (χ0) is 13.0. The van der Waals surface area contributed by atoms with Gasteiger partial charge < -0.3 is 14.6 Å². The second-order valence-electron chi connectivity index (χ2n) is 4.83. The van der Waals surface area contributed by atoms with Crippen LogP contribution in [0.4, 0.5) is 0 Å². The first-order chi connectivity index (χ1) is 8.77. The Labute approximate surface area is 108 Å². The van der Waals surface area contributed by atoms with Crippen molar-refractivity contribution in [3.8, 4) is 0 Å². The summed E-state index contributed by atoms with van der Waals surface area (Å²) in [6.45, 7) is 1.89. The van der Waals surface area contributed by atoms with Crippen molar-refractivity contribution in [2.45, 2.75) is 38.8 Å². The second-order valence-corrected chi connectivity index (χ2v) is 4.83. The van der Waals surface area contributed by atoms with Crippen molar-refractivity contribution in [1.82, 2.24) is 9.88 Å². The molecular weight excluding hydrogens is 228 g/mol. The average molecular weight is 250 g/mol. The first-order valence-electron chi connectivity index (χ1n) is 6.66. The van der Waals surface area contributed by atoms with Crippen LogP contribution >= 0.6 is 0 Å². The lowest BCUT2D eigenvalue weighted by Crippen LogP contribution is -2.32. The minimum atomic E-state index is 0.141. The first-order valence-corrected chi connectivity index (χ1v) is 6.66. The van der Waals surface area contributed by atoms with Crippen molar-refractivity contribution in [2.24, 2.45) is 0 Å². The number of nitrogens with zero attached hydrogens (tertiary/aromatic N) is 1. The molecule has 2 rings (SSSR count). The quantitative estimate of drug-likeness (QED) is 0.851. The van der Waals surface area contributed by atoms with Crippen LogP contribution < -0.4 is 10.9 Å². The summed E-state index contributed by atoms with van der Waals surface area (Å²) in [7, 11) is 3.55. The van der Waals surface area contributed by atoms with E-state index in [0.29, 0.717) is 19.7 Å². The topological polar surface area (TPSA) is 43.3 Å². The van der Waals surface area contributed by atoms with Gasteiger partial charge >= 0.3 is 0 Å². The van der Waals surface area contributed by atoms with E-state index in [9.17, 15) is 4.79 Å². The number of methoxy groups -OCH3 is 1. The number of fused-ring (bicyclic) bond motifs is 1. The van der Waals surface area contributed by atoms with Gasteiger partial charge in [-0.15, -0.1) is 0 Å². The molecule has 1 N–H and O–H groups in total. The fourth-order valence-electron chi connectivity index (χ4n) is 2.68. The van der Waals surface area contributed by atoms with Gasteiger partial charge in [0.25, 0.3) is 5.56 Å². The third kappa shape index (κ3) is 2.65. The van der Waals surface area contributed by atoms with Gasteiger partial charge in [-0.25, -0.2) is 0 Å². The van der Waals surface area contributed by atoms with E-state index in [0.717, 1.165) is 18.4 Å². The minimum Gasteiger partial charge on any atom is -0.383 e. The Kier molecular flexibility index (Phi) is 4.55. The molecule has 4 heteroatoms. The highest BCUT2D eigenvalue weighted by atomic mass is 16.5. The molecule has 0 fully saturated rings. The van der Waals surface area contributed by atoms with Gasteiger partial charge in [0.05, 0.1) is 6.61 Å². The zero-order valence-corrected chi connectivity index (χ0v) is 11.3. The van der Waals surface area contributed by atoms with E-state index < -0.39 is 0 Å². The number of pyridine rings is 1. The maximum Gasteiger partial charge on any atom is 0.255 e. The highest BCUT2D eigenvalue weighted by Gasteiger charge is 2.17. The standard InChI is InChI=1S/C14H22N2O2/c1-15-10-12-9-11-5-3-4-6-13(11)16(14(12)17)7-8-18-2/h9,15H,3-8,10H2,1-2H3. The van der Waals surface area contributed by atoms with Crippen molar-refractivity contribution in [3.63, 3.8) is 0 Å². The molecule has 1 aliphatic rings. The average Bonchev–Trinajstić information content (AvgIpc) is 2.39. The summed E-state index contributed by atoms with van der Waals surface area (Å²) in [5.41, 5.74) is 3.58. The molecule has 0 aliphatic heterocycles. The third-order valence-corrected chi connectivity index (χ3v) is 3.56. The van der Waals surface area contributed by atoms with Crippen LogP contribution in [-0.2, 0) is 30.7 Å². The van der Waals surface area contributed by atoms with E-state index in [1.165, 1.54) is 24.1 Å². The molecule has 0 radical (unpaired) electrons. The van der Waals surface area contributed by atoms with Gasteiger partial charge in [0.1, 0.15) is 0 Å². The summed E-state index contributed by atoms with van der Waals surface area (Å²) in [5, 5.41) is 3.07. The van der Waals surface area contributed by atoms with Gasteiger partial charge in [0.15, 0.2) is 0 Å². The highest BCUT2D eigenvalue weighted by Crippen LogP contribution is 2.20. The molecule has 0 spiro atoms. The molecule has 1 heterocycles. The molecule has 100 valence electrons. The molecule has 1 aromatic rings. The smallest absolute Gasteiger partial charge is 0.255 e. The number of aryl methyl sites for hydroxylation is 1. The summed E-state index contributed by atoms with van der Waals surface area (Å²) in [5.74, 6) is 0.